The van der Waals surface area contributed by atoms with Gasteiger partial charge in [-0.05, 0) is 24.1 Å². The van der Waals surface area contributed by atoms with Gasteiger partial charge in [0.15, 0.2) is 5.69 Å². The lowest BCUT2D eigenvalue weighted by Crippen LogP contribution is -2.19. The predicted octanol–water partition coefficient (Wildman–Crippen LogP) is 2.79. The first kappa shape index (κ1) is 15.4. The summed E-state index contributed by atoms with van der Waals surface area (Å²) < 4.78 is 32.7. The van der Waals surface area contributed by atoms with Gasteiger partial charge in [-0.2, -0.15) is 8.78 Å². The summed E-state index contributed by atoms with van der Waals surface area (Å²) >= 11 is 5.08. The van der Waals surface area contributed by atoms with Crippen molar-refractivity contribution in [1.82, 2.24) is 15.0 Å². The van der Waals surface area contributed by atoms with Gasteiger partial charge in [-0.3, -0.25) is 0 Å². The van der Waals surface area contributed by atoms with Crippen molar-refractivity contribution >= 4 is 17.6 Å². The topological polar surface area (TPSA) is 57.0 Å². The zero-order valence-electron chi connectivity index (χ0n) is 11.1. The van der Waals surface area contributed by atoms with Crippen molar-refractivity contribution in [2.45, 2.75) is 18.9 Å². The number of benzene rings is 1. The Balaban J connectivity index is 2.40. The molecule has 0 unspecified atom stereocenters. The van der Waals surface area contributed by atoms with E-state index < -0.39 is 22.7 Å². The second-order valence-electron chi connectivity index (χ2n) is 4.15. The average molecular weight is 316 g/mol. The van der Waals surface area contributed by atoms with Gasteiger partial charge in [-0.1, -0.05) is 35.5 Å². The number of ether oxygens (including phenoxy) is 1. The number of hydrogen-bond acceptors (Lipinski definition) is 4. The first-order chi connectivity index (χ1) is 9.93. The van der Waals surface area contributed by atoms with Gasteiger partial charge in [-0.15, -0.1) is 5.10 Å². The Hall–Kier alpha value is -2.02. The lowest BCUT2D eigenvalue weighted by molar-refractivity contribution is 0.0485. The highest BCUT2D eigenvalue weighted by Crippen LogP contribution is 2.34. The SMILES string of the molecule is CCOC(=O)c1nnn(Cc2ccccc2)c1C(F)(F)Cl. The van der Waals surface area contributed by atoms with Gasteiger partial charge in [0.1, 0.15) is 0 Å². The van der Waals surface area contributed by atoms with E-state index in [1.54, 1.807) is 37.3 Å². The minimum Gasteiger partial charge on any atom is -0.461 e. The van der Waals surface area contributed by atoms with Crippen molar-refractivity contribution in [3.8, 4) is 0 Å². The molecule has 1 heterocycles. The maximum Gasteiger partial charge on any atom is 0.366 e. The van der Waals surface area contributed by atoms with Gasteiger partial charge in [0.25, 0.3) is 0 Å². The summed E-state index contributed by atoms with van der Waals surface area (Å²) in [6, 6.07) is 8.80. The first-order valence-electron chi connectivity index (χ1n) is 6.15. The first-order valence-corrected chi connectivity index (χ1v) is 6.53. The number of carbonyl (C=O) groups excluding carboxylic acids is 1. The second kappa shape index (κ2) is 6.17. The van der Waals surface area contributed by atoms with Crippen molar-refractivity contribution in [3.05, 3.63) is 47.3 Å². The molecule has 0 fully saturated rings. The molecule has 112 valence electrons. The van der Waals surface area contributed by atoms with Crippen LogP contribution in [0.15, 0.2) is 30.3 Å². The van der Waals surface area contributed by atoms with Gasteiger partial charge in [-0.25, -0.2) is 9.48 Å². The maximum atomic E-state index is 13.6. The van der Waals surface area contributed by atoms with E-state index in [0.717, 1.165) is 10.2 Å². The molecular formula is C13H12ClF2N3O2. The molecule has 0 atom stereocenters. The van der Waals surface area contributed by atoms with Crippen LogP contribution in [-0.2, 0) is 16.7 Å². The van der Waals surface area contributed by atoms with Crippen LogP contribution in [0.5, 0.6) is 0 Å². The van der Waals surface area contributed by atoms with Crippen LogP contribution >= 0.6 is 11.6 Å². The van der Waals surface area contributed by atoms with Crippen molar-refractivity contribution < 1.29 is 18.3 Å². The van der Waals surface area contributed by atoms with Crippen LogP contribution in [0.1, 0.15) is 28.7 Å². The monoisotopic (exact) mass is 315 g/mol. The van der Waals surface area contributed by atoms with Crippen molar-refractivity contribution in [2.24, 2.45) is 0 Å². The molecule has 0 aliphatic heterocycles. The number of hydrogen-bond donors (Lipinski definition) is 0. The minimum absolute atomic E-state index is 0.0187. The molecule has 1 aromatic heterocycles. The number of alkyl halides is 3. The fourth-order valence-electron chi connectivity index (χ4n) is 1.80. The fourth-order valence-corrected chi connectivity index (χ4v) is 1.98. The van der Waals surface area contributed by atoms with Crippen LogP contribution in [0.25, 0.3) is 0 Å². The lowest BCUT2D eigenvalue weighted by Gasteiger charge is -2.12. The van der Waals surface area contributed by atoms with Crippen molar-refractivity contribution in [1.29, 1.82) is 0 Å². The van der Waals surface area contributed by atoms with Gasteiger partial charge < -0.3 is 4.74 Å². The van der Waals surface area contributed by atoms with Crippen LogP contribution in [0.4, 0.5) is 8.78 Å². The summed E-state index contributed by atoms with van der Waals surface area (Å²) in [6.07, 6.45) is 0. The van der Waals surface area contributed by atoms with Gasteiger partial charge >= 0.3 is 11.4 Å². The summed E-state index contributed by atoms with van der Waals surface area (Å²) in [5.74, 6) is -0.980. The Morgan fingerprint density at radius 2 is 2.05 bits per heavy atom. The zero-order valence-corrected chi connectivity index (χ0v) is 11.8. The third-order valence-electron chi connectivity index (χ3n) is 2.65. The van der Waals surface area contributed by atoms with Gasteiger partial charge in [0.2, 0.25) is 5.69 Å². The van der Waals surface area contributed by atoms with Crippen LogP contribution in [-0.4, -0.2) is 27.6 Å². The summed E-state index contributed by atoms with van der Waals surface area (Å²) in [5, 5.41) is 3.28. The Morgan fingerprint density at radius 1 is 1.38 bits per heavy atom. The van der Waals surface area contributed by atoms with Crippen LogP contribution < -0.4 is 0 Å². The Bertz CT molecular complexity index is 626. The van der Waals surface area contributed by atoms with Crippen LogP contribution in [0, 0.1) is 0 Å². The molecule has 5 nitrogen and oxygen atoms in total. The highest BCUT2D eigenvalue weighted by molar-refractivity contribution is 6.22. The molecule has 0 saturated heterocycles. The smallest absolute Gasteiger partial charge is 0.366 e. The lowest BCUT2D eigenvalue weighted by atomic mass is 10.2. The van der Waals surface area contributed by atoms with E-state index in [0.29, 0.717) is 0 Å². The van der Waals surface area contributed by atoms with E-state index >= 15 is 0 Å². The molecule has 8 heteroatoms. The van der Waals surface area contributed by atoms with E-state index in [4.69, 9.17) is 11.6 Å². The van der Waals surface area contributed by atoms with E-state index in [-0.39, 0.29) is 13.2 Å². The average Bonchev–Trinajstić information content (AvgIpc) is 2.84. The molecule has 0 saturated carbocycles. The number of aromatic nitrogens is 3. The predicted molar refractivity (Wildman–Crippen MR) is 71.3 cm³/mol. The molecule has 0 amide bonds. The third kappa shape index (κ3) is 3.55. The number of halogens is 3. The molecule has 0 N–H and O–H groups in total. The summed E-state index contributed by atoms with van der Waals surface area (Å²) in [4.78, 5) is 11.6. The van der Waals surface area contributed by atoms with Gasteiger partial charge in [0.05, 0.1) is 13.2 Å². The molecule has 0 bridgehead atoms. The summed E-state index contributed by atoms with van der Waals surface area (Å²) in [5.41, 5.74) is -0.626. The summed E-state index contributed by atoms with van der Waals surface area (Å²) in [6.45, 7) is 1.62. The quantitative estimate of drug-likeness (QED) is 0.629. The standard InChI is InChI=1S/C13H12ClF2N3O2/c1-2-21-12(20)10-11(13(14,15)16)19(18-17-10)8-9-6-4-3-5-7-9/h3-7H,2,8H2,1H3. The Kier molecular flexibility index (Phi) is 4.52. The zero-order chi connectivity index (χ0) is 15.5. The molecule has 2 rings (SSSR count). The van der Waals surface area contributed by atoms with E-state index in [1.165, 1.54) is 0 Å². The normalized spacial score (nSPS) is 11.4. The van der Waals surface area contributed by atoms with E-state index in [1.807, 2.05) is 0 Å². The molecule has 0 aliphatic rings. The molecule has 1 aromatic carbocycles. The molecule has 0 radical (unpaired) electrons. The second-order valence-corrected chi connectivity index (χ2v) is 4.62. The number of carbonyl (C=O) groups is 1. The molecule has 0 aliphatic carbocycles. The fraction of sp³-hybridized carbons (Fsp3) is 0.308. The number of esters is 1. The molecular weight excluding hydrogens is 304 g/mol. The largest absolute Gasteiger partial charge is 0.461 e. The van der Waals surface area contributed by atoms with Crippen LogP contribution in [0.3, 0.4) is 0 Å². The Morgan fingerprint density at radius 3 is 2.62 bits per heavy atom. The maximum absolute atomic E-state index is 13.6. The third-order valence-corrected chi connectivity index (χ3v) is 2.83. The van der Waals surface area contributed by atoms with E-state index in [2.05, 4.69) is 15.0 Å². The van der Waals surface area contributed by atoms with Crippen LogP contribution in [0.2, 0.25) is 0 Å². The number of nitrogens with zero attached hydrogens (tertiary/aromatic N) is 3. The molecule has 2 aromatic rings. The van der Waals surface area contributed by atoms with Crippen molar-refractivity contribution in [2.75, 3.05) is 6.61 Å². The molecule has 0 spiro atoms. The summed E-state index contributed by atoms with van der Waals surface area (Å²) in [7, 11) is 0. The number of rotatable bonds is 5. The van der Waals surface area contributed by atoms with Crippen molar-refractivity contribution in [3.63, 3.8) is 0 Å². The Labute approximate surface area is 124 Å². The molecule has 21 heavy (non-hydrogen) atoms. The van der Waals surface area contributed by atoms with E-state index in [9.17, 15) is 13.6 Å². The van der Waals surface area contributed by atoms with Gasteiger partial charge in [0, 0.05) is 0 Å². The highest BCUT2D eigenvalue weighted by Gasteiger charge is 2.39. The highest BCUT2D eigenvalue weighted by atomic mass is 35.5. The minimum atomic E-state index is -3.78.